The number of nitrogens with one attached hydrogen (secondary N) is 1. The average Bonchev–Trinajstić information content (AvgIpc) is 3.17. The zero-order valence-electron chi connectivity index (χ0n) is 16.3. The van der Waals surface area contributed by atoms with Crippen LogP contribution in [0.5, 0.6) is 5.75 Å². The molecule has 0 fully saturated rings. The molecule has 0 saturated heterocycles. The van der Waals surface area contributed by atoms with Gasteiger partial charge in [-0.3, -0.25) is 4.79 Å². The molecule has 5 nitrogen and oxygen atoms in total. The summed E-state index contributed by atoms with van der Waals surface area (Å²) in [5, 5.41) is 7.77. The van der Waals surface area contributed by atoms with Gasteiger partial charge in [-0.15, -0.1) is 13.2 Å². The molecule has 9 heteroatoms. The topological polar surface area (TPSA) is 56.2 Å². The molecule has 4 rings (SSSR count). The van der Waals surface area contributed by atoms with Crippen LogP contribution in [0.25, 0.3) is 16.9 Å². The molecule has 0 radical (unpaired) electrons. The number of amides is 1. The molecule has 0 bridgehead atoms. The lowest BCUT2D eigenvalue weighted by atomic mass is 10.1. The van der Waals surface area contributed by atoms with E-state index in [0.29, 0.717) is 22.2 Å². The second-order valence-electron chi connectivity index (χ2n) is 6.67. The predicted octanol–water partition coefficient (Wildman–Crippen LogP) is 6.34. The first kappa shape index (κ1) is 21.5. The fraction of sp³-hybridized carbons (Fsp3) is 0.0435. The van der Waals surface area contributed by atoms with E-state index in [2.05, 4.69) is 15.2 Å². The van der Waals surface area contributed by atoms with Crippen LogP contribution in [0.3, 0.4) is 0 Å². The Morgan fingerprint density at radius 1 is 0.938 bits per heavy atom. The molecule has 0 saturated carbocycles. The Labute approximate surface area is 186 Å². The van der Waals surface area contributed by atoms with Crippen molar-refractivity contribution in [3.8, 4) is 22.7 Å². The lowest BCUT2D eigenvalue weighted by Gasteiger charge is -2.11. The van der Waals surface area contributed by atoms with Gasteiger partial charge in [-0.05, 0) is 36.4 Å². The lowest BCUT2D eigenvalue weighted by Crippen LogP contribution is -2.18. The number of hydrogen-bond acceptors (Lipinski definition) is 3. The van der Waals surface area contributed by atoms with Crippen molar-refractivity contribution in [2.45, 2.75) is 6.36 Å². The van der Waals surface area contributed by atoms with Gasteiger partial charge in [0.1, 0.15) is 11.6 Å². The molecule has 0 unspecified atom stereocenters. The quantitative estimate of drug-likeness (QED) is 0.380. The molecule has 0 aliphatic heterocycles. The monoisotopic (exact) mass is 457 g/mol. The van der Waals surface area contributed by atoms with E-state index in [4.69, 9.17) is 11.6 Å². The molecule has 0 aliphatic carbocycles. The molecule has 0 atom stereocenters. The van der Waals surface area contributed by atoms with Crippen LogP contribution in [0.15, 0.2) is 84.9 Å². The van der Waals surface area contributed by atoms with Crippen LogP contribution in [0.2, 0.25) is 5.02 Å². The van der Waals surface area contributed by atoms with Crippen molar-refractivity contribution in [1.82, 2.24) is 9.78 Å². The highest BCUT2D eigenvalue weighted by molar-refractivity contribution is 6.32. The predicted molar refractivity (Wildman–Crippen MR) is 115 cm³/mol. The van der Waals surface area contributed by atoms with E-state index in [1.807, 2.05) is 30.3 Å². The van der Waals surface area contributed by atoms with Gasteiger partial charge in [0, 0.05) is 17.2 Å². The highest BCUT2D eigenvalue weighted by Gasteiger charge is 2.31. The Morgan fingerprint density at radius 2 is 1.59 bits per heavy atom. The third kappa shape index (κ3) is 4.92. The second kappa shape index (κ2) is 8.76. The Morgan fingerprint density at radius 3 is 2.25 bits per heavy atom. The summed E-state index contributed by atoms with van der Waals surface area (Å²) in [4.78, 5) is 12.8. The maximum atomic E-state index is 12.8. The van der Waals surface area contributed by atoms with Crippen molar-refractivity contribution in [1.29, 1.82) is 0 Å². The smallest absolute Gasteiger partial charge is 0.406 e. The summed E-state index contributed by atoms with van der Waals surface area (Å²) >= 11 is 6.33. The van der Waals surface area contributed by atoms with Gasteiger partial charge in [0.15, 0.2) is 0 Å². The number of alkyl halides is 3. The summed E-state index contributed by atoms with van der Waals surface area (Å²) in [5.74, 6) is -0.601. The van der Waals surface area contributed by atoms with Gasteiger partial charge in [-0.2, -0.15) is 5.10 Å². The first-order valence-electron chi connectivity index (χ1n) is 9.38. The molecule has 162 valence electrons. The first-order chi connectivity index (χ1) is 15.3. The van der Waals surface area contributed by atoms with Crippen LogP contribution in [-0.2, 0) is 0 Å². The maximum absolute atomic E-state index is 12.8. The molecule has 1 amide bonds. The summed E-state index contributed by atoms with van der Waals surface area (Å²) in [7, 11) is 0. The van der Waals surface area contributed by atoms with Crippen LogP contribution in [-0.4, -0.2) is 22.1 Å². The Hall–Kier alpha value is -3.78. The van der Waals surface area contributed by atoms with Crippen molar-refractivity contribution >= 4 is 23.3 Å². The number of benzene rings is 3. The van der Waals surface area contributed by atoms with Crippen LogP contribution in [0.1, 0.15) is 10.4 Å². The van der Waals surface area contributed by atoms with Crippen molar-refractivity contribution < 1.29 is 22.7 Å². The van der Waals surface area contributed by atoms with Gasteiger partial charge in [-0.25, -0.2) is 4.68 Å². The largest absolute Gasteiger partial charge is 0.573 e. The molecular weight excluding hydrogens is 443 g/mol. The number of rotatable bonds is 5. The molecule has 4 aromatic rings. The number of ether oxygens (including phenoxy) is 1. The van der Waals surface area contributed by atoms with Gasteiger partial charge < -0.3 is 10.1 Å². The number of carbonyl (C=O) groups is 1. The van der Waals surface area contributed by atoms with E-state index in [-0.39, 0.29) is 5.56 Å². The van der Waals surface area contributed by atoms with E-state index in [1.54, 1.807) is 30.3 Å². The number of nitrogens with zero attached hydrogens (tertiary/aromatic N) is 2. The van der Waals surface area contributed by atoms with Crippen molar-refractivity contribution in [3.63, 3.8) is 0 Å². The zero-order valence-corrected chi connectivity index (χ0v) is 17.1. The lowest BCUT2D eigenvalue weighted by molar-refractivity contribution is -0.274. The van der Waals surface area contributed by atoms with Crippen LogP contribution < -0.4 is 10.1 Å². The Kier molecular flexibility index (Phi) is 5.87. The van der Waals surface area contributed by atoms with Crippen LogP contribution in [0, 0.1) is 0 Å². The molecule has 0 aliphatic rings. The van der Waals surface area contributed by atoms with Crippen molar-refractivity contribution in [2.24, 2.45) is 0 Å². The van der Waals surface area contributed by atoms with E-state index in [1.165, 1.54) is 16.8 Å². The molecule has 1 N–H and O–H groups in total. The van der Waals surface area contributed by atoms with Gasteiger partial charge in [0.2, 0.25) is 0 Å². The average molecular weight is 458 g/mol. The number of aromatic nitrogens is 2. The second-order valence-corrected chi connectivity index (χ2v) is 7.08. The summed E-state index contributed by atoms with van der Waals surface area (Å²) in [6.45, 7) is 0. The Bertz CT molecular complexity index is 1240. The highest BCUT2D eigenvalue weighted by Crippen LogP contribution is 2.29. The number of anilines is 1. The number of halogens is 4. The van der Waals surface area contributed by atoms with Crippen LogP contribution in [0.4, 0.5) is 19.0 Å². The molecule has 3 aromatic carbocycles. The summed E-state index contributed by atoms with van der Waals surface area (Å²) < 4.78 is 42.4. The van der Waals surface area contributed by atoms with Gasteiger partial charge in [-0.1, -0.05) is 54.1 Å². The fourth-order valence-corrected chi connectivity index (χ4v) is 3.24. The molecule has 1 aromatic heterocycles. The van der Waals surface area contributed by atoms with Gasteiger partial charge in [0.25, 0.3) is 5.91 Å². The number of para-hydroxylation sites is 1. The molecule has 1 heterocycles. The zero-order chi connectivity index (χ0) is 22.7. The highest BCUT2D eigenvalue weighted by atomic mass is 35.5. The molecule has 32 heavy (non-hydrogen) atoms. The minimum Gasteiger partial charge on any atom is -0.406 e. The van der Waals surface area contributed by atoms with Crippen molar-refractivity contribution in [3.05, 3.63) is 95.5 Å². The minimum absolute atomic E-state index is 0.146. The summed E-state index contributed by atoms with van der Waals surface area (Å²) in [5.41, 5.74) is 2.14. The maximum Gasteiger partial charge on any atom is 0.573 e. The van der Waals surface area contributed by atoms with Gasteiger partial charge >= 0.3 is 6.36 Å². The third-order valence-corrected chi connectivity index (χ3v) is 4.77. The third-order valence-electron chi connectivity index (χ3n) is 4.45. The van der Waals surface area contributed by atoms with Gasteiger partial charge in [0.05, 0.1) is 16.4 Å². The number of hydrogen-bond donors (Lipinski definition) is 1. The normalized spacial score (nSPS) is 11.2. The van der Waals surface area contributed by atoms with E-state index < -0.39 is 18.0 Å². The van der Waals surface area contributed by atoms with Crippen molar-refractivity contribution in [2.75, 3.05) is 5.32 Å². The first-order valence-corrected chi connectivity index (χ1v) is 9.75. The molecule has 0 spiro atoms. The Balaban J connectivity index is 1.66. The van der Waals surface area contributed by atoms with Crippen LogP contribution >= 0.6 is 11.6 Å². The molecular formula is C23H15ClF3N3O2. The standard InChI is InChI=1S/C23H15ClF3N3O2/c24-18-8-4-5-9-20(18)30-21(14-19(29-30)15-6-2-1-3-7-15)28-22(31)16-10-12-17(13-11-16)32-23(25,26)27/h1-14H,(H,28,31). The van der Waals surface area contributed by atoms with E-state index in [0.717, 1.165) is 17.7 Å². The van der Waals surface area contributed by atoms with E-state index in [9.17, 15) is 18.0 Å². The minimum atomic E-state index is -4.81. The fourth-order valence-electron chi connectivity index (χ4n) is 3.02. The number of carbonyl (C=O) groups excluding carboxylic acids is 1. The summed E-state index contributed by atoms with van der Waals surface area (Å²) in [6.07, 6.45) is -4.81. The van der Waals surface area contributed by atoms with E-state index >= 15 is 0 Å². The summed E-state index contributed by atoms with van der Waals surface area (Å²) in [6, 6.07) is 22.7. The SMILES string of the molecule is O=C(Nc1cc(-c2ccccc2)nn1-c1ccccc1Cl)c1ccc(OC(F)(F)F)cc1.